The van der Waals surface area contributed by atoms with E-state index >= 15 is 0 Å². The molecule has 1 aromatic rings. The van der Waals surface area contributed by atoms with E-state index in [0.717, 1.165) is 5.56 Å². The molecule has 0 amide bonds. The molecule has 1 N–H and O–H groups in total. The number of carbonyl (C=O) groups is 2. The molecule has 1 rings (SSSR count). The van der Waals surface area contributed by atoms with Crippen molar-refractivity contribution in [1.29, 1.82) is 0 Å². The van der Waals surface area contributed by atoms with Crippen molar-refractivity contribution in [2.45, 2.75) is 26.2 Å². The molecule has 0 saturated carbocycles. The lowest BCUT2D eigenvalue weighted by Crippen LogP contribution is -2.14. The van der Waals surface area contributed by atoms with Crippen molar-refractivity contribution >= 4 is 18.0 Å². The summed E-state index contributed by atoms with van der Waals surface area (Å²) in [6.45, 7) is 2.05. The average molecular weight is 276 g/mol. The minimum absolute atomic E-state index is 0.0298. The highest BCUT2D eigenvalue weighted by molar-refractivity contribution is 5.72. The quantitative estimate of drug-likeness (QED) is 0.741. The largest absolute Gasteiger partial charge is 0.481 e. The summed E-state index contributed by atoms with van der Waals surface area (Å²) in [6.07, 6.45) is 4.49. The fourth-order valence-corrected chi connectivity index (χ4v) is 1.90. The van der Waals surface area contributed by atoms with E-state index in [-0.39, 0.29) is 24.7 Å². The molecule has 4 nitrogen and oxygen atoms in total. The van der Waals surface area contributed by atoms with Crippen molar-refractivity contribution in [1.82, 2.24) is 0 Å². The Morgan fingerprint density at radius 3 is 2.55 bits per heavy atom. The summed E-state index contributed by atoms with van der Waals surface area (Å²) in [5.41, 5.74) is 1.05. The van der Waals surface area contributed by atoms with Crippen molar-refractivity contribution < 1.29 is 19.4 Å². The van der Waals surface area contributed by atoms with Crippen molar-refractivity contribution in [2.24, 2.45) is 5.92 Å². The van der Waals surface area contributed by atoms with E-state index in [1.807, 2.05) is 42.5 Å². The van der Waals surface area contributed by atoms with Crippen LogP contribution >= 0.6 is 0 Å². The number of hydrogen-bond donors (Lipinski definition) is 1. The molecule has 0 aliphatic carbocycles. The van der Waals surface area contributed by atoms with Crippen LogP contribution in [0.3, 0.4) is 0 Å². The summed E-state index contributed by atoms with van der Waals surface area (Å²) in [6, 6.07) is 9.74. The molecule has 0 aliphatic rings. The highest BCUT2D eigenvalue weighted by atomic mass is 16.5. The number of aliphatic carboxylic acids is 1. The van der Waals surface area contributed by atoms with E-state index in [1.54, 1.807) is 6.92 Å². The van der Waals surface area contributed by atoms with Gasteiger partial charge in [-0.05, 0) is 24.8 Å². The van der Waals surface area contributed by atoms with Crippen LogP contribution in [0, 0.1) is 5.92 Å². The molecule has 20 heavy (non-hydrogen) atoms. The zero-order valence-corrected chi connectivity index (χ0v) is 11.6. The van der Waals surface area contributed by atoms with Gasteiger partial charge >= 0.3 is 11.9 Å². The van der Waals surface area contributed by atoms with E-state index in [9.17, 15) is 9.59 Å². The van der Waals surface area contributed by atoms with Gasteiger partial charge in [0.1, 0.15) is 0 Å². The minimum Gasteiger partial charge on any atom is -0.481 e. The van der Waals surface area contributed by atoms with Crippen LogP contribution in [-0.2, 0) is 14.3 Å². The Morgan fingerprint density at radius 2 is 1.95 bits per heavy atom. The van der Waals surface area contributed by atoms with Gasteiger partial charge in [0.25, 0.3) is 0 Å². The fourth-order valence-electron chi connectivity index (χ4n) is 1.90. The molecule has 0 spiro atoms. The normalized spacial score (nSPS) is 12.2. The van der Waals surface area contributed by atoms with Crippen LogP contribution in [0.2, 0.25) is 0 Å². The number of rotatable bonds is 8. The molecule has 1 atom stereocenters. The van der Waals surface area contributed by atoms with E-state index in [4.69, 9.17) is 9.84 Å². The highest BCUT2D eigenvalue weighted by Crippen LogP contribution is 2.16. The molecule has 0 heterocycles. The van der Waals surface area contributed by atoms with Crippen LogP contribution in [0.1, 0.15) is 31.7 Å². The second-order valence-corrected chi connectivity index (χ2v) is 4.52. The summed E-state index contributed by atoms with van der Waals surface area (Å²) in [7, 11) is 0. The Hall–Kier alpha value is -2.10. The molecule has 0 saturated heterocycles. The zero-order valence-electron chi connectivity index (χ0n) is 11.6. The Labute approximate surface area is 119 Å². The molecule has 108 valence electrons. The second kappa shape index (κ2) is 8.91. The van der Waals surface area contributed by atoms with Crippen LogP contribution in [0.4, 0.5) is 0 Å². The molecule has 1 aromatic carbocycles. The number of hydrogen-bond acceptors (Lipinski definition) is 3. The molecular formula is C16H20O4. The van der Waals surface area contributed by atoms with E-state index in [2.05, 4.69) is 0 Å². The average Bonchev–Trinajstić information content (AvgIpc) is 2.39. The van der Waals surface area contributed by atoms with Gasteiger partial charge in [-0.2, -0.15) is 0 Å². The maximum absolute atomic E-state index is 11.4. The van der Waals surface area contributed by atoms with Crippen LogP contribution in [-0.4, -0.2) is 23.7 Å². The molecular weight excluding hydrogens is 256 g/mol. The predicted molar refractivity (Wildman–Crippen MR) is 77.1 cm³/mol. The lowest BCUT2D eigenvalue weighted by Gasteiger charge is -2.11. The van der Waals surface area contributed by atoms with Gasteiger partial charge in [0, 0.05) is 12.8 Å². The van der Waals surface area contributed by atoms with Gasteiger partial charge in [0.15, 0.2) is 0 Å². The van der Waals surface area contributed by atoms with E-state index in [0.29, 0.717) is 13.0 Å². The van der Waals surface area contributed by atoms with Crippen LogP contribution in [0.15, 0.2) is 36.4 Å². The summed E-state index contributed by atoms with van der Waals surface area (Å²) >= 11 is 0. The molecule has 0 aromatic heterocycles. The first-order valence-corrected chi connectivity index (χ1v) is 6.70. The summed E-state index contributed by atoms with van der Waals surface area (Å²) in [4.78, 5) is 22.2. The number of carboxylic acids is 1. The number of benzene rings is 1. The number of ether oxygens (including phenoxy) is 1. The van der Waals surface area contributed by atoms with Crippen LogP contribution < -0.4 is 0 Å². The van der Waals surface area contributed by atoms with Gasteiger partial charge in [0.2, 0.25) is 0 Å². The minimum atomic E-state index is -0.896. The fraction of sp³-hybridized carbons (Fsp3) is 0.375. The first-order chi connectivity index (χ1) is 9.61. The first kappa shape index (κ1) is 16.0. The maximum Gasteiger partial charge on any atom is 0.306 e. The zero-order chi connectivity index (χ0) is 14.8. The molecule has 0 radical (unpaired) electrons. The van der Waals surface area contributed by atoms with Crippen molar-refractivity contribution in [2.75, 3.05) is 6.61 Å². The smallest absolute Gasteiger partial charge is 0.306 e. The van der Waals surface area contributed by atoms with Gasteiger partial charge in [-0.15, -0.1) is 0 Å². The monoisotopic (exact) mass is 276 g/mol. The lowest BCUT2D eigenvalue weighted by atomic mass is 9.97. The van der Waals surface area contributed by atoms with E-state index in [1.165, 1.54) is 0 Å². The molecule has 0 unspecified atom stereocenters. The van der Waals surface area contributed by atoms with Crippen molar-refractivity contribution in [3.05, 3.63) is 42.0 Å². The van der Waals surface area contributed by atoms with Gasteiger partial charge in [0.05, 0.1) is 6.61 Å². The van der Waals surface area contributed by atoms with Crippen molar-refractivity contribution in [3.8, 4) is 0 Å². The van der Waals surface area contributed by atoms with Gasteiger partial charge < -0.3 is 9.84 Å². The van der Waals surface area contributed by atoms with E-state index < -0.39 is 5.97 Å². The first-order valence-electron chi connectivity index (χ1n) is 6.70. The van der Waals surface area contributed by atoms with Crippen LogP contribution in [0.5, 0.6) is 0 Å². The van der Waals surface area contributed by atoms with Gasteiger partial charge in [-0.3, -0.25) is 9.59 Å². The highest BCUT2D eigenvalue weighted by Gasteiger charge is 2.16. The molecule has 0 aliphatic heterocycles. The third-order valence-electron chi connectivity index (χ3n) is 2.80. The third-order valence-corrected chi connectivity index (χ3v) is 2.80. The summed E-state index contributed by atoms with van der Waals surface area (Å²) in [5.74, 6) is -1.47. The second-order valence-electron chi connectivity index (χ2n) is 4.52. The predicted octanol–water partition coefficient (Wildman–Crippen LogP) is 3.13. The number of allylic oxidation sites excluding steroid dienone is 1. The Morgan fingerprint density at radius 1 is 1.25 bits per heavy atom. The number of carboxylic acid groups (broad SMARTS) is 1. The van der Waals surface area contributed by atoms with Gasteiger partial charge in [-0.25, -0.2) is 0 Å². The van der Waals surface area contributed by atoms with Crippen molar-refractivity contribution in [3.63, 3.8) is 0 Å². The standard InChI is InChI=1S/C16H20O4/c1-2-20-16(19)12-14(11-15(17)18)10-6-9-13-7-4-3-5-8-13/h3-9,14H,2,10-12H2,1H3,(H,17,18)/b9-6+/t14-/m0/s1. The molecule has 0 fully saturated rings. The molecule has 0 bridgehead atoms. The number of carbonyl (C=O) groups excluding carboxylic acids is 1. The Balaban J connectivity index is 2.53. The lowest BCUT2D eigenvalue weighted by molar-refractivity contribution is -0.145. The summed E-state index contributed by atoms with van der Waals surface area (Å²) in [5, 5.41) is 8.87. The van der Waals surface area contributed by atoms with Gasteiger partial charge in [-0.1, -0.05) is 42.5 Å². The Bertz CT molecular complexity index is 451. The SMILES string of the molecule is CCOC(=O)C[C@@H](C/C=C/c1ccccc1)CC(=O)O. The maximum atomic E-state index is 11.4. The summed E-state index contributed by atoms with van der Waals surface area (Å²) < 4.78 is 4.86. The number of esters is 1. The van der Waals surface area contributed by atoms with Crippen LogP contribution in [0.25, 0.3) is 6.08 Å². The molecule has 4 heteroatoms. The third kappa shape index (κ3) is 6.73. The topological polar surface area (TPSA) is 63.6 Å². The Kier molecular flexibility index (Phi) is 7.11.